The highest BCUT2D eigenvalue weighted by molar-refractivity contribution is 6.31. The van der Waals surface area contributed by atoms with Crippen LogP contribution in [0.3, 0.4) is 0 Å². The van der Waals surface area contributed by atoms with Crippen LogP contribution in [0.1, 0.15) is 39.0 Å². The van der Waals surface area contributed by atoms with Gasteiger partial charge in [-0.1, -0.05) is 11.6 Å². The number of amides is 1. The minimum absolute atomic E-state index is 0.0359. The molecule has 2 aliphatic heterocycles. The summed E-state index contributed by atoms with van der Waals surface area (Å²) in [5.41, 5.74) is 0. The second-order valence-electron chi connectivity index (χ2n) is 6.15. The molecule has 0 aromatic heterocycles. The van der Waals surface area contributed by atoms with Crippen molar-refractivity contribution in [3.8, 4) is 0 Å². The molecule has 0 spiro atoms. The number of hydrogen-bond acceptors (Lipinski definition) is 1. The molecule has 2 aliphatic carbocycles. The van der Waals surface area contributed by atoms with Gasteiger partial charge in [0.05, 0.1) is 9.75 Å². The molecule has 0 N–H and O–H groups in total. The lowest BCUT2D eigenvalue weighted by molar-refractivity contribution is -0.132. The molecule has 2 heterocycles. The lowest BCUT2D eigenvalue weighted by atomic mass is 9.67. The first kappa shape index (κ1) is 12.4. The van der Waals surface area contributed by atoms with Gasteiger partial charge in [-0.2, -0.15) is 0 Å². The van der Waals surface area contributed by atoms with Crippen LogP contribution < -0.4 is 0 Å². The van der Waals surface area contributed by atoms with E-state index in [1.165, 1.54) is 0 Å². The molecule has 4 bridgehead atoms. The van der Waals surface area contributed by atoms with Gasteiger partial charge in [-0.05, 0) is 25.2 Å². The van der Waals surface area contributed by atoms with Crippen molar-refractivity contribution >= 4 is 40.7 Å². The average Bonchev–Trinajstić information content (AvgIpc) is 2.19. The molecule has 2 saturated heterocycles. The van der Waals surface area contributed by atoms with Crippen molar-refractivity contribution in [1.82, 2.24) is 4.90 Å². The minimum Gasteiger partial charge on any atom is -0.323 e. The Balaban J connectivity index is 2.07. The predicted molar refractivity (Wildman–Crippen MR) is 69.7 cm³/mol. The fourth-order valence-electron chi connectivity index (χ4n) is 4.27. The summed E-state index contributed by atoms with van der Waals surface area (Å²) >= 11 is 20.1. The van der Waals surface area contributed by atoms with Crippen LogP contribution >= 0.6 is 34.8 Å². The molecule has 2 saturated carbocycles. The molecule has 2 unspecified atom stereocenters. The molecular weight excluding hydrogens is 280 g/mol. The summed E-state index contributed by atoms with van der Waals surface area (Å²) in [5.74, 6) is 0.430. The van der Waals surface area contributed by atoms with Crippen molar-refractivity contribution in [2.45, 2.75) is 53.8 Å². The average molecular weight is 297 g/mol. The molecule has 96 valence electrons. The van der Waals surface area contributed by atoms with Gasteiger partial charge < -0.3 is 4.90 Å². The zero-order valence-corrected chi connectivity index (χ0v) is 12.1. The van der Waals surface area contributed by atoms with E-state index in [2.05, 4.69) is 0 Å². The van der Waals surface area contributed by atoms with Crippen molar-refractivity contribution < 1.29 is 4.79 Å². The number of hydrogen-bond donors (Lipinski definition) is 0. The van der Waals surface area contributed by atoms with E-state index in [-0.39, 0.29) is 15.7 Å². The number of fused-ring (bicyclic) bond motifs is 1. The minimum atomic E-state index is -0.668. The predicted octanol–water partition coefficient (Wildman–Crippen LogP) is 3.33. The number of alkyl halides is 3. The van der Waals surface area contributed by atoms with E-state index >= 15 is 0 Å². The summed E-state index contributed by atoms with van der Waals surface area (Å²) in [4.78, 5) is 12.3. The van der Waals surface area contributed by atoms with E-state index in [1.54, 1.807) is 11.8 Å². The normalized spacial score (nSPS) is 52.7. The van der Waals surface area contributed by atoms with E-state index in [0.29, 0.717) is 25.3 Å². The third-order valence-corrected chi connectivity index (χ3v) is 5.74. The number of rotatable bonds is 0. The maximum absolute atomic E-state index is 11.8. The van der Waals surface area contributed by atoms with Crippen molar-refractivity contribution in [1.29, 1.82) is 0 Å². The Kier molecular flexibility index (Phi) is 2.52. The van der Waals surface area contributed by atoms with Crippen LogP contribution in [0, 0.1) is 5.92 Å². The zero-order valence-electron chi connectivity index (χ0n) is 9.81. The fraction of sp³-hybridized carbons (Fsp3) is 0.917. The summed E-state index contributed by atoms with van der Waals surface area (Å²) in [5, 5.41) is 0. The van der Waals surface area contributed by atoms with Crippen molar-refractivity contribution in [2.75, 3.05) is 6.54 Å². The summed E-state index contributed by atoms with van der Waals surface area (Å²) in [7, 11) is 0. The maximum Gasteiger partial charge on any atom is 0.220 e. The van der Waals surface area contributed by atoms with Crippen molar-refractivity contribution in [3.63, 3.8) is 0 Å². The molecule has 2 atom stereocenters. The Morgan fingerprint density at radius 3 is 2.12 bits per heavy atom. The smallest absolute Gasteiger partial charge is 0.220 e. The van der Waals surface area contributed by atoms with Gasteiger partial charge in [0.1, 0.15) is 5.00 Å². The summed E-state index contributed by atoms with van der Waals surface area (Å²) in [6.07, 6.45) is 4.00. The van der Waals surface area contributed by atoms with Crippen LogP contribution in [0.25, 0.3) is 0 Å². The van der Waals surface area contributed by atoms with E-state index < -0.39 is 5.00 Å². The molecule has 4 aliphatic rings. The largest absolute Gasteiger partial charge is 0.323 e. The number of nitrogens with zero attached hydrogens (tertiary/aromatic N) is 1. The first-order chi connectivity index (χ1) is 7.74. The van der Waals surface area contributed by atoms with Crippen LogP contribution in [0.15, 0.2) is 0 Å². The van der Waals surface area contributed by atoms with E-state index in [0.717, 1.165) is 19.3 Å². The molecule has 17 heavy (non-hydrogen) atoms. The fourth-order valence-corrected chi connectivity index (χ4v) is 6.57. The van der Waals surface area contributed by atoms with Crippen LogP contribution in [-0.2, 0) is 4.79 Å². The molecule has 0 aromatic carbocycles. The van der Waals surface area contributed by atoms with Crippen LogP contribution in [0.2, 0.25) is 0 Å². The summed E-state index contributed by atoms with van der Waals surface area (Å²) in [6.45, 7) is 2.29. The monoisotopic (exact) mass is 295 g/mol. The topological polar surface area (TPSA) is 20.3 Å². The van der Waals surface area contributed by atoms with E-state index in [9.17, 15) is 4.79 Å². The van der Waals surface area contributed by atoms with Gasteiger partial charge in [-0.3, -0.25) is 4.79 Å². The second kappa shape index (κ2) is 3.46. The van der Waals surface area contributed by atoms with Gasteiger partial charge in [-0.15, -0.1) is 23.2 Å². The summed E-state index contributed by atoms with van der Waals surface area (Å²) < 4.78 is 0. The molecule has 2 nitrogen and oxygen atoms in total. The number of carbonyl (C=O) groups excluding carboxylic acids is 1. The van der Waals surface area contributed by atoms with Crippen molar-refractivity contribution in [2.24, 2.45) is 5.92 Å². The SMILES string of the molecule is CC(=O)N1CC2CC3(Cl)CC(Cl)(C2)CC1(Cl)C3. The molecule has 5 heteroatoms. The van der Waals surface area contributed by atoms with Gasteiger partial charge in [-0.25, -0.2) is 0 Å². The Labute approximate surface area is 117 Å². The first-order valence-electron chi connectivity index (χ1n) is 6.09. The third kappa shape index (κ3) is 1.87. The van der Waals surface area contributed by atoms with Gasteiger partial charge in [0.15, 0.2) is 0 Å². The van der Waals surface area contributed by atoms with Crippen molar-refractivity contribution in [3.05, 3.63) is 0 Å². The highest BCUT2D eigenvalue weighted by atomic mass is 35.5. The number of carbonyl (C=O) groups is 1. The Bertz CT molecular complexity index is 368. The van der Waals surface area contributed by atoms with Gasteiger partial charge in [0.2, 0.25) is 5.91 Å². The molecular formula is C12H16Cl3NO. The third-order valence-electron chi connectivity index (χ3n) is 4.42. The molecule has 4 rings (SSSR count). The van der Waals surface area contributed by atoms with E-state index in [1.807, 2.05) is 0 Å². The highest BCUT2D eigenvalue weighted by Crippen LogP contribution is 2.62. The Morgan fingerprint density at radius 2 is 1.65 bits per heavy atom. The lowest BCUT2D eigenvalue weighted by Gasteiger charge is -2.52. The Morgan fingerprint density at radius 1 is 1.12 bits per heavy atom. The second-order valence-corrected chi connectivity index (χ2v) is 8.46. The van der Waals surface area contributed by atoms with Crippen LogP contribution in [0.5, 0.6) is 0 Å². The molecule has 0 radical (unpaired) electrons. The quantitative estimate of drug-likeness (QED) is 0.496. The lowest BCUT2D eigenvalue weighted by Crippen LogP contribution is -2.56. The zero-order chi connectivity index (χ0) is 12.5. The number of halogens is 3. The van der Waals surface area contributed by atoms with E-state index in [4.69, 9.17) is 34.8 Å². The summed E-state index contributed by atoms with van der Waals surface area (Å²) in [6, 6.07) is 0. The van der Waals surface area contributed by atoms with Gasteiger partial charge in [0.25, 0.3) is 0 Å². The standard InChI is InChI=1S/C12H16Cl3NO/c1-8(17)16-4-9-2-10(13)5-11(14,3-9)7-12(16,15)6-10/h9H,2-7H2,1H3. The van der Waals surface area contributed by atoms with Gasteiger partial charge in [0, 0.05) is 26.3 Å². The van der Waals surface area contributed by atoms with Crippen LogP contribution in [-0.4, -0.2) is 32.1 Å². The van der Waals surface area contributed by atoms with Gasteiger partial charge >= 0.3 is 0 Å². The molecule has 0 aromatic rings. The first-order valence-corrected chi connectivity index (χ1v) is 7.22. The Hall–Kier alpha value is 0.340. The molecule has 1 amide bonds. The van der Waals surface area contributed by atoms with Crippen LogP contribution in [0.4, 0.5) is 0 Å². The molecule has 4 fully saturated rings. The highest BCUT2D eigenvalue weighted by Gasteiger charge is 2.62. The maximum atomic E-state index is 11.8.